The van der Waals surface area contributed by atoms with Crippen molar-refractivity contribution in [1.82, 2.24) is 4.98 Å². The maximum atomic E-state index is 6.48. The topological polar surface area (TPSA) is 29.3 Å². The highest BCUT2D eigenvalue weighted by molar-refractivity contribution is 7.21. The summed E-state index contributed by atoms with van der Waals surface area (Å²) in [5.41, 5.74) is 14.1. The molecule has 0 aliphatic heterocycles. The maximum Gasteiger partial charge on any atom is 0.137 e. The van der Waals surface area contributed by atoms with E-state index >= 15 is 0 Å². The van der Waals surface area contributed by atoms with E-state index in [2.05, 4.69) is 205 Å². The van der Waals surface area contributed by atoms with Crippen LogP contribution >= 0.6 is 11.3 Å². The average molecular weight is 747 g/mol. The van der Waals surface area contributed by atoms with E-state index in [0.29, 0.717) is 0 Å². The molecule has 0 unspecified atom stereocenters. The van der Waals surface area contributed by atoms with Crippen LogP contribution in [-0.4, -0.2) is 4.98 Å². The van der Waals surface area contributed by atoms with Gasteiger partial charge in [0.15, 0.2) is 0 Å². The van der Waals surface area contributed by atoms with Crippen molar-refractivity contribution in [3.8, 4) is 44.0 Å². The van der Waals surface area contributed by atoms with Crippen LogP contribution in [0, 0.1) is 0 Å². The molecule has 2 aromatic heterocycles. The van der Waals surface area contributed by atoms with Crippen molar-refractivity contribution in [2.45, 2.75) is 0 Å². The number of thiazole rings is 1. The number of fused-ring (bicyclic) bond motifs is 5. The average Bonchev–Trinajstić information content (AvgIpc) is 3.87. The monoisotopic (exact) mass is 746 g/mol. The normalized spacial score (nSPS) is 11.5. The maximum absolute atomic E-state index is 6.48. The van der Waals surface area contributed by atoms with Crippen molar-refractivity contribution < 1.29 is 4.42 Å². The van der Waals surface area contributed by atoms with Crippen LogP contribution in [-0.2, 0) is 0 Å². The van der Waals surface area contributed by atoms with Crippen molar-refractivity contribution >= 4 is 71.3 Å². The summed E-state index contributed by atoms with van der Waals surface area (Å²) in [6.07, 6.45) is 0. The number of hydrogen-bond acceptors (Lipinski definition) is 4. The van der Waals surface area contributed by atoms with Gasteiger partial charge in [0.1, 0.15) is 16.2 Å². The van der Waals surface area contributed by atoms with Gasteiger partial charge in [0.25, 0.3) is 0 Å². The number of benzene rings is 9. The van der Waals surface area contributed by atoms with Gasteiger partial charge < -0.3 is 9.32 Å². The number of aromatic nitrogens is 1. The summed E-state index contributed by atoms with van der Waals surface area (Å²) < 4.78 is 7.64. The number of anilines is 3. The van der Waals surface area contributed by atoms with E-state index in [1.165, 1.54) is 33.0 Å². The zero-order valence-corrected chi connectivity index (χ0v) is 31.7. The smallest absolute Gasteiger partial charge is 0.137 e. The van der Waals surface area contributed by atoms with Crippen molar-refractivity contribution in [1.29, 1.82) is 0 Å². The fourth-order valence-electron chi connectivity index (χ4n) is 8.05. The number of furan rings is 1. The Kier molecular flexibility index (Phi) is 8.01. The van der Waals surface area contributed by atoms with E-state index in [4.69, 9.17) is 9.40 Å². The van der Waals surface area contributed by atoms with Gasteiger partial charge in [-0.05, 0) is 98.8 Å². The second-order valence-corrected chi connectivity index (χ2v) is 15.4. The molecule has 11 rings (SSSR count). The van der Waals surface area contributed by atoms with Crippen molar-refractivity contribution in [2.24, 2.45) is 0 Å². The molecule has 57 heavy (non-hydrogen) atoms. The largest absolute Gasteiger partial charge is 0.456 e. The van der Waals surface area contributed by atoms with Crippen LogP contribution in [0.1, 0.15) is 0 Å². The Morgan fingerprint density at radius 3 is 1.77 bits per heavy atom. The van der Waals surface area contributed by atoms with Gasteiger partial charge in [-0.1, -0.05) is 146 Å². The van der Waals surface area contributed by atoms with Crippen molar-refractivity contribution in [3.63, 3.8) is 0 Å². The Labute approximate surface area is 334 Å². The summed E-state index contributed by atoms with van der Waals surface area (Å²) in [5, 5.41) is 5.74. The zero-order chi connectivity index (χ0) is 37.7. The molecule has 0 aliphatic rings. The molecule has 0 atom stereocenters. The molecule has 4 heteroatoms. The second kappa shape index (κ2) is 13.8. The van der Waals surface area contributed by atoms with Gasteiger partial charge in [-0.25, -0.2) is 4.98 Å². The molecule has 0 radical (unpaired) electrons. The number of rotatable bonds is 7. The highest BCUT2D eigenvalue weighted by Crippen LogP contribution is 2.41. The molecule has 0 aliphatic carbocycles. The van der Waals surface area contributed by atoms with Gasteiger partial charge in [-0.3, -0.25) is 0 Å². The first-order valence-corrected chi connectivity index (χ1v) is 20.0. The highest BCUT2D eigenvalue weighted by atomic mass is 32.1. The summed E-state index contributed by atoms with van der Waals surface area (Å²) in [6.45, 7) is 0. The lowest BCUT2D eigenvalue weighted by molar-refractivity contribution is 0.669. The Bertz CT molecular complexity index is 3210. The van der Waals surface area contributed by atoms with Gasteiger partial charge >= 0.3 is 0 Å². The van der Waals surface area contributed by atoms with Crippen LogP contribution in [0.2, 0.25) is 0 Å². The molecule has 0 spiro atoms. The van der Waals surface area contributed by atoms with Crippen LogP contribution in [0.15, 0.2) is 211 Å². The Balaban J connectivity index is 0.952. The van der Waals surface area contributed by atoms with E-state index in [0.717, 1.165) is 70.9 Å². The predicted molar refractivity (Wildman–Crippen MR) is 241 cm³/mol. The third-order valence-corrected chi connectivity index (χ3v) is 12.0. The summed E-state index contributed by atoms with van der Waals surface area (Å²) in [7, 11) is 0. The minimum absolute atomic E-state index is 0.856. The number of nitrogens with zero attached hydrogens (tertiary/aromatic N) is 2. The van der Waals surface area contributed by atoms with Crippen LogP contribution in [0.4, 0.5) is 17.1 Å². The first kappa shape index (κ1) is 33.1. The highest BCUT2D eigenvalue weighted by Gasteiger charge is 2.17. The Hall–Kier alpha value is -7.27. The molecule has 3 nitrogen and oxygen atoms in total. The third kappa shape index (κ3) is 6.04. The van der Waals surface area contributed by atoms with Crippen LogP contribution < -0.4 is 4.90 Å². The summed E-state index contributed by atoms with van der Waals surface area (Å²) in [6, 6.07) is 73.5. The van der Waals surface area contributed by atoms with Gasteiger partial charge in [0, 0.05) is 39.5 Å². The zero-order valence-electron chi connectivity index (χ0n) is 30.8. The molecular formula is C53H34N2OS. The van der Waals surface area contributed by atoms with E-state index in [1.807, 2.05) is 6.07 Å². The molecule has 0 fully saturated rings. The summed E-state index contributed by atoms with van der Waals surface area (Å²) >= 11 is 1.72. The van der Waals surface area contributed by atoms with E-state index in [1.54, 1.807) is 11.3 Å². The van der Waals surface area contributed by atoms with Gasteiger partial charge in [0.2, 0.25) is 0 Å². The molecule has 0 bridgehead atoms. The molecule has 0 amide bonds. The SMILES string of the molecule is c1ccc(-c2cccc(N(c3ccc(-c4ccc5c(c4)oc4cc6nc(-c7ccccc7)sc6cc45)cc3)c3ccc(-c4cccc5ccccc45)cc3)c2)cc1. The summed E-state index contributed by atoms with van der Waals surface area (Å²) in [5.74, 6) is 0. The van der Waals surface area contributed by atoms with Crippen molar-refractivity contribution in [3.05, 3.63) is 206 Å². The van der Waals surface area contributed by atoms with E-state index < -0.39 is 0 Å². The lowest BCUT2D eigenvalue weighted by Crippen LogP contribution is -2.10. The Morgan fingerprint density at radius 2 is 0.982 bits per heavy atom. The fraction of sp³-hybridized carbons (Fsp3) is 0. The van der Waals surface area contributed by atoms with Crippen molar-refractivity contribution in [2.75, 3.05) is 4.90 Å². The molecule has 11 aromatic rings. The fourth-order valence-corrected chi connectivity index (χ4v) is 9.05. The van der Waals surface area contributed by atoms with E-state index in [9.17, 15) is 0 Å². The molecule has 0 saturated carbocycles. The number of hydrogen-bond donors (Lipinski definition) is 0. The van der Waals surface area contributed by atoms with Crippen LogP contribution in [0.25, 0.3) is 86.9 Å². The molecule has 9 aromatic carbocycles. The Morgan fingerprint density at radius 1 is 0.386 bits per heavy atom. The first-order chi connectivity index (χ1) is 28.2. The van der Waals surface area contributed by atoms with E-state index in [-0.39, 0.29) is 0 Å². The quantitative estimate of drug-likeness (QED) is 0.163. The van der Waals surface area contributed by atoms with Crippen LogP contribution in [0.5, 0.6) is 0 Å². The molecule has 268 valence electrons. The lowest BCUT2D eigenvalue weighted by atomic mass is 9.98. The van der Waals surface area contributed by atoms with Gasteiger partial charge in [-0.15, -0.1) is 11.3 Å². The standard InChI is InChI=1S/C53H34N2OS/c1-3-11-35(12-4-1)40-17-9-18-44(31-40)55(43-28-23-38(24-29-43)46-20-10-16-37-13-7-8-19-45(37)46)42-26-21-36(22-27-42)41-25-30-47-48-33-52-49(34-51(48)56-50(47)32-41)54-53(57-52)39-14-5-2-6-15-39/h1-34H. The first-order valence-electron chi connectivity index (χ1n) is 19.2. The minimum atomic E-state index is 0.856. The molecular weight excluding hydrogens is 713 g/mol. The minimum Gasteiger partial charge on any atom is -0.456 e. The third-order valence-electron chi connectivity index (χ3n) is 10.9. The van der Waals surface area contributed by atoms with Gasteiger partial charge in [-0.2, -0.15) is 0 Å². The summed E-state index contributed by atoms with van der Waals surface area (Å²) in [4.78, 5) is 7.28. The second-order valence-electron chi connectivity index (χ2n) is 14.4. The lowest BCUT2D eigenvalue weighted by Gasteiger charge is -2.26. The molecule has 0 N–H and O–H groups in total. The molecule has 2 heterocycles. The predicted octanol–water partition coefficient (Wildman–Crippen LogP) is 15.5. The van der Waals surface area contributed by atoms with Crippen LogP contribution in [0.3, 0.4) is 0 Å². The van der Waals surface area contributed by atoms with Gasteiger partial charge in [0.05, 0.1) is 10.2 Å². The molecule has 0 saturated heterocycles.